The fourth-order valence-corrected chi connectivity index (χ4v) is 1.32. The van der Waals surface area contributed by atoms with Gasteiger partial charge in [-0.3, -0.25) is 0 Å². The second kappa shape index (κ2) is 2.63. The van der Waals surface area contributed by atoms with Crippen LogP contribution in [0.5, 0.6) is 5.75 Å². The number of nitrogens with one attached hydrogen (secondary N) is 1. The van der Waals surface area contributed by atoms with Gasteiger partial charge in [-0.05, 0) is 24.1 Å². The largest absolute Gasteiger partial charge is 0.497 e. The molecule has 1 fully saturated rings. The van der Waals surface area contributed by atoms with E-state index in [4.69, 9.17) is 10.1 Å². The molecule has 0 radical (unpaired) electrons. The number of ether oxygens (including phenoxy) is 1. The lowest BCUT2D eigenvalue weighted by Crippen LogP contribution is -1.84. The van der Waals surface area contributed by atoms with Crippen molar-refractivity contribution >= 4 is 5.71 Å². The zero-order valence-corrected chi connectivity index (χ0v) is 7.00. The predicted molar refractivity (Wildman–Crippen MR) is 48.1 cm³/mol. The van der Waals surface area contributed by atoms with E-state index in [1.54, 1.807) is 7.11 Å². The second-order valence-corrected chi connectivity index (χ2v) is 3.06. The van der Waals surface area contributed by atoms with Gasteiger partial charge in [0.25, 0.3) is 0 Å². The van der Waals surface area contributed by atoms with Crippen LogP contribution in [0.4, 0.5) is 0 Å². The number of benzene rings is 1. The van der Waals surface area contributed by atoms with Gasteiger partial charge in [0, 0.05) is 11.6 Å². The first-order chi connectivity index (χ1) is 5.81. The lowest BCUT2D eigenvalue weighted by molar-refractivity contribution is 0.414. The van der Waals surface area contributed by atoms with Gasteiger partial charge in [0.05, 0.1) is 7.11 Å². The summed E-state index contributed by atoms with van der Waals surface area (Å²) in [4.78, 5) is 0. The molecule has 1 aliphatic carbocycles. The zero-order valence-electron chi connectivity index (χ0n) is 7.00. The standard InChI is InChI=1S/C10H11NO/c1-12-8-4-2-7(3-5-8)9-6-10(9)11/h2-5,9,11H,6H2,1H3. The second-order valence-electron chi connectivity index (χ2n) is 3.06. The van der Waals surface area contributed by atoms with Crippen LogP contribution in [0.25, 0.3) is 0 Å². The Bertz CT molecular complexity index is 302. The topological polar surface area (TPSA) is 33.1 Å². The van der Waals surface area contributed by atoms with Crippen LogP contribution in [0.15, 0.2) is 24.3 Å². The van der Waals surface area contributed by atoms with Gasteiger partial charge in [-0.1, -0.05) is 12.1 Å². The Morgan fingerprint density at radius 3 is 2.33 bits per heavy atom. The van der Waals surface area contributed by atoms with Crippen molar-refractivity contribution in [3.05, 3.63) is 29.8 Å². The molecule has 1 aromatic carbocycles. The smallest absolute Gasteiger partial charge is 0.118 e. The molecular formula is C10H11NO. The molecular weight excluding hydrogens is 150 g/mol. The minimum absolute atomic E-state index is 0.399. The van der Waals surface area contributed by atoms with E-state index in [-0.39, 0.29) is 0 Å². The summed E-state index contributed by atoms with van der Waals surface area (Å²) < 4.78 is 5.04. The maximum Gasteiger partial charge on any atom is 0.118 e. The molecule has 1 aromatic rings. The molecule has 1 unspecified atom stereocenters. The molecule has 1 aliphatic rings. The number of hydrogen-bond donors (Lipinski definition) is 1. The molecule has 2 rings (SSSR count). The normalized spacial score (nSPS) is 20.8. The monoisotopic (exact) mass is 161 g/mol. The highest BCUT2D eigenvalue weighted by Crippen LogP contribution is 2.36. The van der Waals surface area contributed by atoms with E-state index in [0.717, 1.165) is 17.9 Å². The van der Waals surface area contributed by atoms with Crippen LogP contribution in [0.2, 0.25) is 0 Å². The fourth-order valence-electron chi connectivity index (χ4n) is 1.32. The third-order valence-electron chi connectivity index (χ3n) is 2.20. The van der Waals surface area contributed by atoms with Crippen molar-refractivity contribution in [3.63, 3.8) is 0 Å². The van der Waals surface area contributed by atoms with Crippen LogP contribution in [-0.2, 0) is 0 Å². The highest BCUT2D eigenvalue weighted by atomic mass is 16.5. The molecule has 0 aliphatic heterocycles. The molecule has 0 heterocycles. The lowest BCUT2D eigenvalue weighted by atomic mass is 10.1. The van der Waals surface area contributed by atoms with Crippen LogP contribution in [-0.4, -0.2) is 12.8 Å². The summed E-state index contributed by atoms with van der Waals surface area (Å²) in [6, 6.07) is 7.96. The Hall–Kier alpha value is -1.31. The molecule has 0 bridgehead atoms. The van der Waals surface area contributed by atoms with Crippen LogP contribution >= 0.6 is 0 Å². The molecule has 0 spiro atoms. The van der Waals surface area contributed by atoms with Crippen LogP contribution in [0, 0.1) is 5.41 Å². The SMILES string of the molecule is COc1ccc(C2CC2=N)cc1. The Morgan fingerprint density at radius 2 is 1.92 bits per heavy atom. The number of rotatable bonds is 2. The average molecular weight is 161 g/mol. The first kappa shape index (κ1) is 7.35. The molecule has 12 heavy (non-hydrogen) atoms. The number of methoxy groups -OCH3 is 1. The van der Waals surface area contributed by atoms with Crippen LogP contribution < -0.4 is 4.74 Å². The van der Waals surface area contributed by atoms with Gasteiger partial charge < -0.3 is 10.1 Å². The first-order valence-electron chi connectivity index (χ1n) is 4.02. The third-order valence-corrected chi connectivity index (χ3v) is 2.20. The Kier molecular flexibility index (Phi) is 1.61. The van der Waals surface area contributed by atoms with Crippen molar-refractivity contribution in [2.24, 2.45) is 0 Å². The van der Waals surface area contributed by atoms with E-state index in [2.05, 4.69) is 0 Å². The summed E-state index contributed by atoms with van der Waals surface area (Å²) in [7, 11) is 1.66. The third kappa shape index (κ3) is 1.20. The van der Waals surface area contributed by atoms with E-state index < -0.39 is 0 Å². The highest BCUT2D eigenvalue weighted by Gasteiger charge is 2.31. The molecule has 0 saturated heterocycles. The molecule has 2 heteroatoms. The fraction of sp³-hybridized carbons (Fsp3) is 0.300. The van der Waals surface area contributed by atoms with Crippen molar-refractivity contribution in [1.29, 1.82) is 5.41 Å². The lowest BCUT2D eigenvalue weighted by Gasteiger charge is -2.00. The molecule has 2 nitrogen and oxygen atoms in total. The van der Waals surface area contributed by atoms with E-state index in [1.807, 2.05) is 24.3 Å². The van der Waals surface area contributed by atoms with Gasteiger partial charge in [-0.15, -0.1) is 0 Å². The summed E-state index contributed by atoms with van der Waals surface area (Å²) in [5.41, 5.74) is 2.08. The molecule has 0 aromatic heterocycles. The van der Waals surface area contributed by atoms with Crippen LogP contribution in [0.1, 0.15) is 17.9 Å². The van der Waals surface area contributed by atoms with E-state index in [9.17, 15) is 0 Å². The van der Waals surface area contributed by atoms with Gasteiger partial charge in [-0.2, -0.15) is 0 Å². The zero-order chi connectivity index (χ0) is 8.55. The van der Waals surface area contributed by atoms with Crippen molar-refractivity contribution in [2.45, 2.75) is 12.3 Å². The van der Waals surface area contributed by atoms with Crippen LogP contribution in [0.3, 0.4) is 0 Å². The van der Waals surface area contributed by atoms with Crippen molar-refractivity contribution in [3.8, 4) is 5.75 Å². The molecule has 1 N–H and O–H groups in total. The summed E-state index contributed by atoms with van der Waals surface area (Å²) in [5, 5.41) is 7.37. The quantitative estimate of drug-likeness (QED) is 0.708. The molecule has 0 amide bonds. The van der Waals surface area contributed by atoms with E-state index in [1.165, 1.54) is 5.56 Å². The molecule has 1 atom stereocenters. The molecule has 62 valence electrons. The minimum atomic E-state index is 0.399. The van der Waals surface area contributed by atoms with E-state index >= 15 is 0 Å². The highest BCUT2D eigenvalue weighted by molar-refractivity contribution is 6.03. The summed E-state index contributed by atoms with van der Waals surface area (Å²) in [6.07, 6.45) is 0.937. The van der Waals surface area contributed by atoms with Gasteiger partial charge >= 0.3 is 0 Å². The van der Waals surface area contributed by atoms with E-state index in [0.29, 0.717) is 5.92 Å². The van der Waals surface area contributed by atoms with Crippen molar-refractivity contribution in [2.75, 3.05) is 7.11 Å². The summed E-state index contributed by atoms with van der Waals surface area (Å²) >= 11 is 0. The van der Waals surface area contributed by atoms with Crippen molar-refractivity contribution < 1.29 is 4.74 Å². The summed E-state index contributed by atoms with van der Waals surface area (Å²) in [6.45, 7) is 0. The predicted octanol–water partition coefficient (Wildman–Crippen LogP) is 2.20. The summed E-state index contributed by atoms with van der Waals surface area (Å²) in [5.74, 6) is 1.28. The first-order valence-corrected chi connectivity index (χ1v) is 4.02. The minimum Gasteiger partial charge on any atom is -0.497 e. The Labute approximate surface area is 71.7 Å². The number of hydrogen-bond acceptors (Lipinski definition) is 2. The van der Waals surface area contributed by atoms with Gasteiger partial charge in [0.2, 0.25) is 0 Å². The Balaban J connectivity index is 2.20. The van der Waals surface area contributed by atoms with Gasteiger partial charge in [0.1, 0.15) is 5.75 Å². The maximum absolute atomic E-state index is 7.37. The molecule has 1 saturated carbocycles. The Morgan fingerprint density at radius 1 is 1.33 bits per heavy atom. The average Bonchev–Trinajstić information content (AvgIpc) is 2.83. The maximum atomic E-state index is 7.37. The van der Waals surface area contributed by atoms with Crippen molar-refractivity contribution in [1.82, 2.24) is 0 Å². The van der Waals surface area contributed by atoms with Gasteiger partial charge in [-0.25, -0.2) is 0 Å². The van der Waals surface area contributed by atoms with Gasteiger partial charge in [0.15, 0.2) is 0 Å².